The fraction of sp³-hybridized carbons (Fsp3) is 0.316. The van der Waals surface area contributed by atoms with Crippen molar-refractivity contribution in [1.29, 1.82) is 0 Å². The number of ether oxygens (including phenoxy) is 1. The van der Waals surface area contributed by atoms with E-state index in [0.717, 1.165) is 16.2 Å². The van der Waals surface area contributed by atoms with Crippen LogP contribution in [-0.4, -0.2) is 58.1 Å². The van der Waals surface area contributed by atoms with Crippen molar-refractivity contribution >= 4 is 57.6 Å². The number of nitrogen functional groups attached to an aromatic ring is 1. The topological polar surface area (TPSA) is 160 Å². The van der Waals surface area contributed by atoms with Gasteiger partial charge in [-0.15, -0.1) is 0 Å². The van der Waals surface area contributed by atoms with E-state index in [4.69, 9.17) is 22.1 Å². The molecule has 0 radical (unpaired) electrons. The first-order valence-corrected chi connectivity index (χ1v) is 11.7. The zero-order valence-corrected chi connectivity index (χ0v) is 19.8. The van der Waals surface area contributed by atoms with Crippen LogP contribution in [0.5, 0.6) is 0 Å². The maximum atomic E-state index is 13.0. The summed E-state index contributed by atoms with van der Waals surface area (Å²) in [6.07, 6.45) is 4.49. The van der Waals surface area contributed by atoms with Gasteiger partial charge in [-0.3, -0.25) is 14.6 Å². The van der Waals surface area contributed by atoms with Gasteiger partial charge in [-0.05, 0) is 25.0 Å². The summed E-state index contributed by atoms with van der Waals surface area (Å²) in [4.78, 5) is 48.8. The number of rotatable bonds is 8. The van der Waals surface area contributed by atoms with Crippen LogP contribution >= 0.6 is 34.7 Å². The van der Waals surface area contributed by atoms with Crippen molar-refractivity contribution in [3.05, 3.63) is 45.2 Å². The van der Waals surface area contributed by atoms with Gasteiger partial charge < -0.3 is 25.9 Å². The van der Waals surface area contributed by atoms with Crippen molar-refractivity contribution in [3.63, 3.8) is 0 Å². The number of nitrogens with two attached hydrogens (primary N) is 1. The van der Waals surface area contributed by atoms with Crippen LogP contribution in [-0.2, 0) is 19.1 Å². The summed E-state index contributed by atoms with van der Waals surface area (Å²) >= 11 is 8.30. The molecule has 11 nitrogen and oxygen atoms in total. The lowest BCUT2D eigenvalue weighted by Gasteiger charge is -2.30. The Morgan fingerprint density at radius 1 is 1.39 bits per heavy atom. The maximum Gasteiger partial charge on any atom is 0.355 e. The third-order valence-electron chi connectivity index (χ3n) is 4.59. The molecule has 1 unspecified atom stereocenters. The van der Waals surface area contributed by atoms with Crippen LogP contribution in [0.25, 0.3) is 0 Å². The highest BCUT2D eigenvalue weighted by molar-refractivity contribution is 8.03. The molecule has 0 spiro atoms. The largest absolute Gasteiger partial charge is 0.464 e. The summed E-state index contributed by atoms with van der Waals surface area (Å²) in [6.45, 7) is -0.141. The lowest BCUT2D eigenvalue weighted by atomic mass is 10.1. The Morgan fingerprint density at radius 3 is 2.73 bits per heavy atom. The Morgan fingerprint density at radius 2 is 2.12 bits per heavy atom. The number of halogens is 1. The van der Waals surface area contributed by atoms with Crippen LogP contribution in [0, 0.1) is 0 Å². The fourth-order valence-electron chi connectivity index (χ4n) is 3.11. The second-order valence-electron chi connectivity index (χ2n) is 6.69. The summed E-state index contributed by atoms with van der Waals surface area (Å²) in [5.74, 6) is -1.91. The van der Waals surface area contributed by atoms with E-state index in [0.29, 0.717) is 17.7 Å². The molecule has 2 amide bonds. The predicted molar refractivity (Wildman–Crippen MR) is 122 cm³/mol. The summed E-state index contributed by atoms with van der Waals surface area (Å²) in [5.41, 5.74) is 7.58. The van der Waals surface area contributed by atoms with E-state index in [1.807, 2.05) is 5.48 Å². The molecule has 0 aromatic carbocycles. The SMILES string of the molecule is COC(=O)C1=C(Sc2ccncc2)CCCN1C(=O)CNC(=O)C(NO)c1nc(N)sc1Cl. The summed E-state index contributed by atoms with van der Waals surface area (Å²) in [5, 5.41) is 12.0. The van der Waals surface area contributed by atoms with Crippen molar-refractivity contribution in [3.8, 4) is 0 Å². The minimum absolute atomic E-state index is 0.0378. The van der Waals surface area contributed by atoms with E-state index in [2.05, 4.69) is 15.3 Å². The molecule has 33 heavy (non-hydrogen) atoms. The molecular weight excluding hydrogens is 492 g/mol. The van der Waals surface area contributed by atoms with Gasteiger partial charge in [-0.2, -0.15) is 5.48 Å². The van der Waals surface area contributed by atoms with Gasteiger partial charge in [-0.1, -0.05) is 34.7 Å². The second-order valence-corrected chi connectivity index (χ2v) is 9.49. The predicted octanol–water partition coefficient (Wildman–Crippen LogP) is 1.71. The van der Waals surface area contributed by atoms with Crippen LogP contribution in [0.2, 0.25) is 4.34 Å². The highest BCUT2D eigenvalue weighted by atomic mass is 35.5. The van der Waals surface area contributed by atoms with Crippen LogP contribution in [0.1, 0.15) is 24.6 Å². The molecule has 1 aliphatic heterocycles. The first kappa shape index (κ1) is 24.9. The van der Waals surface area contributed by atoms with E-state index in [1.54, 1.807) is 24.5 Å². The number of carbonyl (C=O) groups excluding carboxylic acids is 3. The van der Waals surface area contributed by atoms with Crippen LogP contribution in [0.15, 0.2) is 40.0 Å². The van der Waals surface area contributed by atoms with E-state index in [1.165, 1.54) is 23.8 Å². The fourth-order valence-corrected chi connectivity index (χ4v) is 5.17. The lowest BCUT2D eigenvalue weighted by Crippen LogP contribution is -2.46. The van der Waals surface area contributed by atoms with Gasteiger partial charge in [-0.25, -0.2) is 9.78 Å². The Hall–Kier alpha value is -2.71. The number of nitrogens with one attached hydrogen (secondary N) is 2. The van der Waals surface area contributed by atoms with Crippen LogP contribution in [0.4, 0.5) is 5.13 Å². The molecule has 2 aromatic heterocycles. The quantitative estimate of drug-likeness (QED) is 0.303. The monoisotopic (exact) mass is 512 g/mol. The molecule has 3 rings (SSSR count). The number of hydrogen-bond acceptors (Lipinski definition) is 11. The molecule has 176 valence electrons. The van der Waals surface area contributed by atoms with E-state index >= 15 is 0 Å². The van der Waals surface area contributed by atoms with Gasteiger partial charge in [0.25, 0.3) is 0 Å². The summed E-state index contributed by atoms with van der Waals surface area (Å²) < 4.78 is 5.04. The Balaban J connectivity index is 1.75. The first-order chi connectivity index (χ1) is 15.8. The number of thiazole rings is 1. The minimum Gasteiger partial charge on any atom is -0.464 e. The molecule has 1 aliphatic rings. The lowest BCUT2D eigenvalue weighted by molar-refractivity contribution is -0.142. The zero-order chi connectivity index (χ0) is 24.0. The minimum atomic E-state index is -1.33. The molecule has 2 aromatic rings. The van der Waals surface area contributed by atoms with Gasteiger partial charge in [0, 0.05) is 28.7 Å². The average Bonchev–Trinajstić information content (AvgIpc) is 3.15. The van der Waals surface area contributed by atoms with Crippen LogP contribution in [0.3, 0.4) is 0 Å². The standard InChI is InChI=1S/C19H21ClN6O5S2/c1-31-18(29)15-11(32-10-4-6-22-7-5-10)3-2-8-26(15)12(27)9-23-17(28)14(25-30)13-16(20)33-19(21)24-13/h4-7,14,25,30H,2-3,8-9H2,1H3,(H2,21,24)(H,23,28). The van der Waals surface area contributed by atoms with Crippen LogP contribution < -0.4 is 16.5 Å². The first-order valence-electron chi connectivity index (χ1n) is 9.64. The second kappa shape index (κ2) is 11.4. The third-order valence-corrected chi connectivity index (χ3v) is 6.86. The van der Waals surface area contributed by atoms with E-state index in [-0.39, 0.29) is 27.4 Å². The molecule has 3 heterocycles. The number of amides is 2. The van der Waals surface area contributed by atoms with Gasteiger partial charge >= 0.3 is 5.97 Å². The Kier molecular flexibility index (Phi) is 8.63. The van der Waals surface area contributed by atoms with Crippen molar-refractivity contribution in [1.82, 2.24) is 25.7 Å². The van der Waals surface area contributed by atoms with E-state index < -0.39 is 30.4 Å². The molecule has 0 saturated heterocycles. The van der Waals surface area contributed by atoms with Crippen molar-refractivity contribution in [2.45, 2.75) is 23.8 Å². The van der Waals surface area contributed by atoms with Gasteiger partial charge in [0.05, 0.1) is 13.7 Å². The molecule has 5 N–H and O–H groups in total. The summed E-state index contributed by atoms with van der Waals surface area (Å²) in [7, 11) is 1.24. The zero-order valence-electron chi connectivity index (χ0n) is 17.4. The number of hydrogen-bond donors (Lipinski definition) is 4. The third kappa shape index (κ3) is 6.00. The number of nitrogens with zero attached hydrogens (tertiary/aromatic N) is 3. The van der Waals surface area contributed by atoms with Crippen molar-refractivity contribution < 1.29 is 24.3 Å². The number of thioether (sulfide) groups is 1. The maximum absolute atomic E-state index is 13.0. The molecule has 0 bridgehead atoms. The number of esters is 1. The normalized spacial score (nSPS) is 14.7. The van der Waals surface area contributed by atoms with Gasteiger partial charge in [0.1, 0.15) is 15.7 Å². The van der Waals surface area contributed by atoms with Crippen molar-refractivity contribution in [2.24, 2.45) is 0 Å². The number of hydroxylamine groups is 1. The van der Waals surface area contributed by atoms with E-state index in [9.17, 15) is 19.6 Å². The molecule has 1 atom stereocenters. The van der Waals surface area contributed by atoms with Gasteiger partial charge in [0.15, 0.2) is 11.2 Å². The Labute approximate surface area is 202 Å². The highest BCUT2D eigenvalue weighted by Crippen LogP contribution is 2.36. The number of carbonyl (C=O) groups is 3. The Bertz CT molecular complexity index is 1060. The average molecular weight is 513 g/mol. The molecule has 0 fully saturated rings. The number of methoxy groups -OCH3 is 1. The van der Waals surface area contributed by atoms with Crippen molar-refractivity contribution in [2.75, 3.05) is 25.9 Å². The number of pyridine rings is 1. The molecule has 0 saturated carbocycles. The molecular formula is C19H21ClN6O5S2. The number of allylic oxidation sites excluding steroid dienone is 1. The molecule has 14 heteroatoms. The highest BCUT2D eigenvalue weighted by Gasteiger charge is 2.32. The number of aromatic nitrogens is 2. The number of anilines is 1. The summed E-state index contributed by atoms with van der Waals surface area (Å²) in [6, 6.07) is 2.27. The molecule has 0 aliphatic carbocycles. The smallest absolute Gasteiger partial charge is 0.355 e. The van der Waals surface area contributed by atoms with Gasteiger partial charge in [0.2, 0.25) is 11.8 Å².